The zero-order chi connectivity index (χ0) is 13.8. The van der Waals surface area contributed by atoms with Gasteiger partial charge in [0.15, 0.2) is 0 Å². The van der Waals surface area contributed by atoms with Gasteiger partial charge in [-0.1, -0.05) is 6.92 Å². The summed E-state index contributed by atoms with van der Waals surface area (Å²) in [5.41, 5.74) is 2.29. The van der Waals surface area contributed by atoms with Crippen LogP contribution in [-0.4, -0.2) is 40.0 Å². The molecule has 1 atom stereocenters. The van der Waals surface area contributed by atoms with E-state index in [0.717, 1.165) is 43.7 Å². The Bertz CT molecular complexity index is 464. The van der Waals surface area contributed by atoms with E-state index in [9.17, 15) is 4.79 Å². The maximum absolute atomic E-state index is 12.6. The second-order valence-corrected chi connectivity index (χ2v) is 5.46. The molecule has 1 fully saturated rings. The molecule has 2 rings (SSSR count). The number of carbonyl (C=O) groups is 1. The zero-order valence-electron chi connectivity index (χ0n) is 11.5. The third kappa shape index (κ3) is 3.24. The van der Waals surface area contributed by atoms with Gasteiger partial charge in [-0.15, -0.1) is 11.6 Å². The third-order valence-corrected chi connectivity index (χ3v) is 3.87. The number of amides is 1. The minimum absolute atomic E-state index is 0.0897. The molecular formula is C14H20ClN3O. The van der Waals surface area contributed by atoms with Crippen molar-refractivity contribution in [1.82, 2.24) is 15.1 Å². The number of carbonyl (C=O) groups excluding carboxylic acids is 1. The first kappa shape index (κ1) is 14.3. The largest absolute Gasteiger partial charge is 0.338 e. The van der Waals surface area contributed by atoms with Crippen molar-refractivity contribution >= 4 is 17.5 Å². The number of rotatable bonds is 4. The maximum atomic E-state index is 12.6. The summed E-state index contributed by atoms with van der Waals surface area (Å²) >= 11 is 5.77. The lowest BCUT2D eigenvalue weighted by molar-refractivity contribution is 0.0785. The summed E-state index contributed by atoms with van der Waals surface area (Å²) in [5.74, 6) is 1.30. The van der Waals surface area contributed by atoms with Gasteiger partial charge in [-0.05, 0) is 38.2 Å². The summed E-state index contributed by atoms with van der Waals surface area (Å²) in [6, 6.07) is 1.85. The smallest absolute Gasteiger partial charge is 0.255 e. The average Bonchev–Trinajstić information content (AvgIpc) is 2.87. The van der Waals surface area contributed by atoms with Gasteiger partial charge in [0.25, 0.3) is 5.91 Å². The Morgan fingerprint density at radius 1 is 1.53 bits per heavy atom. The molecule has 1 unspecified atom stereocenters. The summed E-state index contributed by atoms with van der Waals surface area (Å²) in [7, 11) is 0. The number of hydrogen-bond acceptors (Lipinski definition) is 3. The molecule has 0 N–H and O–H groups in total. The molecule has 0 aliphatic carbocycles. The summed E-state index contributed by atoms with van der Waals surface area (Å²) < 4.78 is 0. The Kier molecular flexibility index (Phi) is 4.75. The summed E-state index contributed by atoms with van der Waals surface area (Å²) in [6.45, 7) is 5.50. The molecule has 1 aromatic rings. The molecule has 1 aliphatic rings. The lowest BCUT2D eigenvalue weighted by atomic mass is 10.1. The first-order valence-electron chi connectivity index (χ1n) is 6.84. The van der Waals surface area contributed by atoms with Crippen LogP contribution in [0.1, 0.15) is 41.5 Å². The SMILES string of the molecule is CCc1nnc(C)cc1C(=O)N1CCC(CCCl)C1. The normalized spacial score (nSPS) is 18.9. The Morgan fingerprint density at radius 2 is 2.32 bits per heavy atom. The molecule has 0 saturated carbocycles. The van der Waals surface area contributed by atoms with Crippen molar-refractivity contribution in [2.45, 2.75) is 33.1 Å². The van der Waals surface area contributed by atoms with Gasteiger partial charge in [0.05, 0.1) is 17.0 Å². The van der Waals surface area contributed by atoms with Gasteiger partial charge >= 0.3 is 0 Å². The van der Waals surface area contributed by atoms with Crippen LogP contribution in [-0.2, 0) is 6.42 Å². The van der Waals surface area contributed by atoms with Crippen molar-refractivity contribution < 1.29 is 4.79 Å². The van der Waals surface area contributed by atoms with Crippen LogP contribution in [0.15, 0.2) is 6.07 Å². The van der Waals surface area contributed by atoms with Crippen LogP contribution in [0.3, 0.4) is 0 Å². The first-order chi connectivity index (χ1) is 9.15. The molecule has 2 heterocycles. The van der Waals surface area contributed by atoms with Gasteiger partial charge in [0.2, 0.25) is 0 Å². The Hall–Kier alpha value is -1.16. The lowest BCUT2D eigenvalue weighted by Crippen LogP contribution is -2.30. The van der Waals surface area contributed by atoms with Crippen molar-refractivity contribution in [2.24, 2.45) is 5.92 Å². The van der Waals surface area contributed by atoms with Crippen molar-refractivity contribution in [1.29, 1.82) is 0 Å². The maximum Gasteiger partial charge on any atom is 0.255 e. The van der Waals surface area contributed by atoms with Crippen molar-refractivity contribution in [3.05, 3.63) is 23.0 Å². The van der Waals surface area contributed by atoms with E-state index in [-0.39, 0.29) is 5.91 Å². The van der Waals surface area contributed by atoms with Crippen molar-refractivity contribution in [3.63, 3.8) is 0 Å². The molecule has 19 heavy (non-hydrogen) atoms. The highest BCUT2D eigenvalue weighted by atomic mass is 35.5. The van der Waals surface area contributed by atoms with Crippen LogP contribution < -0.4 is 0 Å². The molecule has 104 valence electrons. The lowest BCUT2D eigenvalue weighted by Gasteiger charge is -2.18. The minimum atomic E-state index is 0.0897. The summed E-state index contributed by atoms with van der Waals surface area (Å²) in [5, 5.41) is 8.15. The monoisotopic (exact) mass is 281 g/mol. The fourth-order valence-corrected chi connectivity index (χ4v) is 2.85. The van der Waals surface area contributed by atoms with Gasteiger partial charge < -0.3 is 4.90 Å². The Labute approximate surface area is 119 Å². The van der Waals surface area contributed by atoms with E-state index in [0.29, 0.717) is 17.4 Å². The summed E-state index contributed by atoms with van der Waals surface area (Å²) in [6.07, 6.45) is 2.77. The van der Waals surface area contributed by atoms with E-state index >= 15 is 0 Å². The van der Waals surface area contributed by atoms with Crippen LogP contribution in [0, 0.1) is 12.8 Å². The number of aromatic nitrogens is 2. The molecule has 0 spiro atoms. The second kappa shape index (κ2) is 6.33. The fourth-order valence-electron chi connectivity index (χ4n) is 2.54. The highest BCUT2D eigenvalue weighted by Crippen LogP contribution is 2.22. The van der Waals surface area contributed by atoms with E-state index in [1.165, 1.54) is 0 Å². The molecule has 1 aliphatic heterocycles. The first-order valence-corrected chi connectivity index (χ1v) is 7.37. The molecule has 5 heteroatoms. The highest BCUT2D eigenvalue weighted by Gasteiger charge is 2.28. The molecule has 0 radical (unpaired) electrons. The van der Waals surface area contributed by atoms with E-state index < -0.39 is 0 Å². The molecule has 1 aromatic heterocycles. The number of nitrogens with zero attached hydrogens (tertiary/aromatic N) is 3. The average molecular weight is 282 g/mol. The van der Waals surface area contributed by atoms with Crippen LogP contribution in [0.2, 0.25) is 0 Å². The fraction of sp³-hybridized carbons (Fsp3) is 0.643. The number of alkyl halides is 1. The van der Waals surface area contributed by atoms with E-state index in [2.05, 4.69) is 10.2 Å². The van der Waals surface area contributed by atoms with E-state index in [1.54, 1.807) is 0 Å². The molecule has 1 saturated heterocycles. The Morgan fingerprint density at radius 3 is 3.00 bits per heavy atom. The number of halogens is 1. The quantitative estimate of drug-likeness (QED) is 0.797. The van der Waals surface area contributed by atoms with Gasteiger partial charge in [-0.25, -0.2) is 0 Å². The number of hydrogen-bond donors (Lipinski definition) is 0. The van der Waals surface area contributed by atoms with E-state index in [4.69, 9.17) is 11.6 Å². The second-order valence-electron chi connectivity index (χ2n) is 5.08. The van der Waals surface area contributed by atoms with Gasteiger partial charge in [-0.3, -0.25) is 4.79 Å². The third-order valence-electron chi connectivity index (χ3n) is 3.65. The standard InChI is InChI=1S/C14H20ClN3O/c1-3-13-12(8-10(2)16-17-13)14(19)18-7-5-11(9-18)4-6-15/h8,11H,3-7,9H2,1-2H3. The van der Waals surface area contributed by atoms with E-state index in [1.807, 2.05) is 24.8 Å². The van der Waals surface area contributed by atoms with Crippen LogP contribution in [0.5, 0.6) is 0 Å². The van der Waals surface area contributed by atoms with Gasteiger partial charge in [-0.2, -0.15) is 10.2 Å². The van der Waals surface area contributed by atoms with Gasteiger partial charge in [0.1, 0.15) is 0 Å². The van der Waals surface area contributed by atoms with Crippen LogP contribution in [0.25, 0.3) is 0 Å². The predicted molar refractivity (Wildman–Crippen MR) is 75.5 cm³/mol. The molecular weight excluding hydrogens is 262 g/mol. The zero-order valence-corrected chi connectivity index (χ0v) is 12.3. The number of aryl methyl sites for hydroxylation is 2. The molecule has 0 aromatic carbocycles. The molecule has 1 amide bonds. The number of likely N-dealkylation sites (tertiary alicyclic amines) is 1. The predicted octanol–water partition coefficient (Wildman–Crippen LogP) is 2.44. The minimum Gasteiger partial charge on any atom is -0.338 e. The van der Waals surface area contributed by atoms with Crippen molar-refractivity contribution in [2.75, 3.05) is 19.0 Å². The highest BCUT2D eigenvalue weighted by molar-refractivity contribution is 6.17. The van der Waals surface area contributed by atoms with Crippen LogP contribution in [0.4, 0.5) is 0 Å². The topological polar surface area (TPSA) is 46.1 Å². The van der Waals surface area contributed by atoms with Crippen molar-refractivity contribution in [3.8, 4) is 0 Å². The Balaban J connectivity index is 2.14. The van der Waals surface area contributed by atoms with Gasteiger partial charge in [0, 0.05) is 19.0 Å². The van der Waals surface area contributed by atoms with Crippen LogP contribution >= 0.6 is 11.6 Å². The molecule has 4 nitrogen and oxygen atoms in total. The molecule has 0 bridgehead atoms. The summed E-state index contributed by atoms with van der Waals surface area (Å²) in [4.78, 5) is 14.5.